The van der Waals surface area contributed by atoms with Crippen molar-refractivity contribution in [2.24, 2.45) is 0 Å². The minimum atomic E-state index is 0.450. The van der Waals surface area contributed by atoms with E-state index >= 15 is 0 Å². The highest BCUT2D eigenvalue weighted by Crippen LogP contribution is 2.36. The van der Waals surface area contributed by atoms with E-state index in [9.17, 15) is 0 Å². The van der Waals surface area contributed by atoms with Gasteiger partial charge in [0.25, 0.3) is 0 Å². The monoisotopic (exact) mass is 269 g/mol. The molecule has 2 heterocycles. The van der Waals surface area contributed by atoms with E-state index in [4.69, 9.17) is 4.52 Å². The normalized spacial score (nSPS) is 18.1. The molecule has 4 rings (SSSR count). The van der Waals surface area contributed by atoms with E-state index in [1.54, 1.807) is 6.20 Å². The van der Waals surface area contributed by atoms with Crippen molar-refractivity contribution in [2.45, 2.75) is 18.9 Å². The molecule has 0 radical (unpaired) electrons. The van der Waals surface area contributed by atoms with Gasteiger partial charge in [0.2, 0.25) is 0 Å². The van der Waals surface area contributed by atoms with Gasteiger partial charge in [-0.3, -0.25) is 5.10 Å². The first kappa shape index (κ1) is 11.6. The van der Waals surface area contributed by atoms with Crippen molar-refractivity contribution in [1.29, 1.82) is 0 Å². The van der Waals surface area contributed by atoms with Gasteiger partial charge in [-0.25, -0.2) is 0 Å². The second kappa shape index (κ2) is 4.14. The fraction of sp³-hybridized carbons (Fsp3) is 0.357. The van der Waals surface area contributed by atoms with Gasteiger partial charge in [0.05, 0.1) is 17.4 Å². The average Bonchev–Trinajstić information content (AvgIpc) is 3.09. The second-order valence-electron chi connectivity index (χ2n) is 5.49. The van der Waals surface area contributed by atoms with Gasteiger partial charge >= 0.3 is 0 Å². The molecule has 0 spiro atoms. The molecule has 0 saturated carbocycles. The Kier molecular flexibility index (Phi) is 2.40. The Labute approximate surface area is 115 Å². The average molecular weight is 269 g/mol. The fourth-order valence-corrected chi connectivity index (χ4v) is 3.03. The molecule has 1 aliphatic carbocycles. The molecule has 3 aromatic rings. The Balaban J connectivity index is 1.96. The first-order valence-corrected chi connectivity index (χ1v) is 6.67. The summed E-state index contributed by atoms with van der Waals surface area (Å²) in [4.78, 5) is 2.25. The third-order valence-corrected chi connectivity index (χ3v) is 4.14. The first-order chi connectivity index (χ1) is 9.74. The molecule has 20 heavy (non-hydrogen) atoms. The van der Waals surface area contributed by atoms with E-state index in [-0.39, 0.29) is 0 Å². The van der Waals surface area contributed by atoms with Gasteiger partial charge in [-0.15, -0.1) is 5.10 Å². The van der Waals surface area contributed by atoms with Crippen molar-refractivity contribution in [3.63, 3.8) is 0 Å². The second-order valence-corrected chi connectivity index (χ2v) is 5.49. The van der Waals surface area contributed by atoms with Gasteiger partial charge < -0.3 is 9.42 Å². The molecule has 6 heteroatoms. The van der Waals surface area contributed by atoms with Gasteiger partial charge in [-0.1, -0.05) is 0 Å². The number of aromatic amines is 1. The minimum Gasteiger partial charge on any atom is -0.337 e. The van der Waals surface area contributed by atoms with Crippen LogP contribution in [0.3, 0.4) is 0 Å². The zero-order valence-corrected chi connectivity index (χ0v) is 11.4. The van der Waals surface area contributed by atoms with Crippen molar-refractivity contribution in [3.8, 4) is 11.3 Å². The van der Waals surface area contributed by atoms with Crippen molar-refractivity contribution >= 4 is 10.9 Å². The molecule has 0 saturated heterocycles. The summed E-state index contributed by atoms with van der Waals surface area (Å²) in [6, 6.07) is 4.55. The van der Waals surface area contributed by atoms with E-state index in [0.717, 1.165) is 29.6 Å². The van der Waals surface area contributed by atoms with Crippen LogP contribution in [0, 0.1) is 0 Å². The highest BCUT2D eigenvalue weighted by Gasteiger charge is 2.27. The van der Waals surface area contributed by atoms with Crippen molar-refractivity contribution in [2.75, 3.05) is 14.1 Å². The van der Waals surface area contributed by atoms with Crippen LogP contribution in [0.5, 0.6) is 0 Å². The molecule has 6 nitrogen and oxygen atoms in total. The number of benzene rings is 1. The summed E-state index contributed by atoms with van der Waals surface area (Å²) in [5.41, 5.74) is 4.56. The van der Waals surface area contributed by atoms with E-state index in [0.29, 0.717) is 11.8 Å². The van der Waals surface area contributed by atoms with Gasteiger partial charge in [0.1, 0.15) is 0 Å². The molecule has 1 aliphatic rings. The van der Waals surface area contributed by atoms with E-state index < -0.39 is 0 Å². The summed E-state index contributed by atoms with van der Waals surface area (Å²) in [6.07, 6.45) is 3.61. The smallest absolute Gasteiger partial charge is 0.187 e. The number of rotatable bonds is 2. The molecule has 2 aromatic heterocycles. The van der Waals surface area contributed by atoms with Crippen molar-refractivity contribution in [1.82, 2.24) is 25.5 Å². The van der Waals surface area contributed by atoms with Gasteiger partial charge in [-0.05, 0) is 38.2 Å². The molecular weight excluding hydrogens is 254 g/mol. The van der Waals surface area contributed by atoms with Gasteiger partial charge in [0, 0.05) is 28.7 Å². The molecule has 0 amide bonds. The van der Waals surface area contributed by atoms with Crippen LogP contribution < -0.4 is 0 Å². The Morgan fingerprint density at radius 2 is 2.20 bits per heavy atom. The Morgan fingerprint density at radius 3 is 2.95 bits per heavy atom. The summed E-state index contributed by atoms with van der Waals surface area (Å²) in [5, 5.41) is 16.2. The van der Waals surface area contributed by atoms with Gasteiger partial charge in [0.15, 0.2) is 5.76 Å². The number of hydrogen-bond donors (Lipinski definition) is 1. The summed E-state index contributed by atoms with van der Waals surface area (Å²) >= 11 is 0. The molecule has 1 unspecified atom stereocenters. The van der Waals surface area contributed by atoms with Crippen LogP contribution in [0.4, 0.5) is 0 Å². The maximum Gasteiger partial charge on any atom is 0.187 e. The van der Waals surface area contributed by atoms with Crippen LogP contribution in [0.15, 0.2) is 22.9 Å². The van der Waals surface area contributed by atoms with Crippen molar-refractivity contribution < 1.29 is 4.52 Å². The molecule has 1 aromatic carbocycles. The topological polar surface area (TPSA) is 70.8 Å². The maximum absolute atomic E-state index is 5.24. The lowest BCUT2D eigenvalue weighted by molar-refractivity contribution is 0.285. The van der Waals surface area contributed by atoms with E-state index in [1.165, 1.54) is 10.9 Å². The Hall–Kier alpha value is -2.21. The number of H-pyrrole nitrogens is 1. The largest absolute Gasteiger partial charge is 0.337 e. The summed E-state index contributed by atoms with van der Waals surface area (Å²) in [7, 11) is 4.22. The fourth-order valence-electron chi connectivity index (χ4n) is 3.03. The maximum atomic E-state index is 5.24. The summed E-state index contributed by atoms with van der Waals surface area (Å²) in [6.45, 7) is 0. The molecule has 1 atom stereocenters. The molecular formula is C14H15N5O. The molecule has 1 N–H and O–H groups in total. The molecule has 0 aliphatic heterocycles. The van der Waals surface area contributed by atoms with Gasteiger partial charge in [-0.2, -0.15) is 5.10 Å². The SMILES string of the molecule is CN(C)C1Cc2n[nH]c3ccc(-c4cnno4)c(c23)C1. The number of likely N-dealkylation sites (N-methyl/N-ethyl adjacent to an activating group) is 1. The predicted molar refractivity (Wildman–Crippen MR) is 74.3 cm³/mol. The van der Waals surface area contributed by atoms with Crippen LogP contribution in [0.25, 0.3) is 22.2 Å². The van der Waals surface area contributed by atoms with E-state index in [1.807, 2.05) is 6.07 Å². The van der Waals surface area contributed by atoms with Crippen LogP contribution in [0.1, 0.15) is 11.3 Å². The van der Waals surface area contributed by atoms with E-state index in [2.05, 4.69) is 45.6 Å². The van der Waals surface area contributed by atoms with Crippen LogP contribution in [-0.4, -0.2) is 45.6 Å². The quantitative estimate of drug-likeness (QED) is 0.765. The zero-order valence-electron chi connectivity index (χ0n) is 11.4. The molecule has 0 bridgehead atoms. The summed E-state index contributed by atoms with van der Waals surface area (Å²) in [5.74, 6) is 0.716. The number of aromatic nitrogens is 4. The standard InChI is InChI=1S/C14H15N5O/c1-19(2)8-5-10-9(13-7-15-18-20-13)3-4-11-14(10)12(6-8)17-16-11/h3-4,7-8H,5-6H2,1-2H3,(H,16,17). The summed E-state index contributed by atoms with van der Waals surface area (Å²) < 4.78 is 5.24. The third kappa shape index (κ3) is 1.58. The number of nitrogens with one attached hydrogen (secondary N) is 1. The Morgan fingerprint density at radius 1 is 1.30 bits per heavy atom. The zero-order chi connectivity index (χ0) is 13.7. The molecule has 0 fully saturated rings. The number of hydrogen-bond acceptors (Lipinski definition) is 5. The highest BCUT2D eigenvalue weighted by molar-refractivity contribution is 5.91. The third-order valence-electron chi connectivity index (χ3n) is 4.14. The predicted octanol–water partition coefficient (Wildman–Crippen LogP) is 1.64. The molecule has 102 valence electrons. The lowest BCUT2D eigenvalue weighted by Gasteiger charge is -2.28. The lowest BCUT2D eigenvalue weighted by Crippen LogP contribution is -2.34. The Bertz CT molecular complexity index is 759. The lowest BCUT2D eigenvalue weighted by atomic mass is 9.86. The van der Waals surface area contributed by atoms with Crippen LogP contribution in [-0.2, 0) is 12.8 Å². The first-order valence-electron chi connectivity index (χ1n) is 6.67. The highest BCUT2D eigenvalue weighted by atomic mass is 16.5. The van der Waals surface area contributed by atoms with Crippen LogP contribution >= 0.6 is 0 Å². The van der Waals surface area contributed by atoms with Crippen LogP contribution in [0.2, 0.25) is 0 Å². The number of nitrogens with zero attached hydrogens (tertiary/aromatic N) is 4. The van der Waals surface area contributed by atoms with Crippen molar-refractivity contribution in [3.05, 3.63) is 29.6 Å². The minimum absolute atomic E-state index is 0.450.